The molecule has 1 aliphatic heterocycles. The molecular weight excluding hydrogens is 404 g/mol. The molecule has 7 nitrogen and oxygen atoms in total. The van der Waals surface area contributed by atoms with Crippen LogP contribution in [0.1, 0.15) is 12.0 Å². The van der Waals surface area contributed by atoms with Gasteiger partial charge in [-0.25, -0.2) is 4.99 Å². The minimum atomic E-state index is -0.916. The van der Waals surface area contributed by atoms with Gasteiger partial charge in [-0.05, 0) is 47.7 Å². The second kappa shape index (κ2) is 9.80. The highest BCUT2D eigenvalue weighted by Gasteiger charge is 2.32. The SMILES string of the molecule is C=CCN1C(=O)/C(=C/c2ccc(OCCC(=O)O)cc2)SC1=Nc1cccc(O)c1. The predicted molar refractivity (Wildman–Crippen MR) is 117 cm³/mol. The molecule has 0 saturated carbocycles. The topological polar surface area (TPSA) is 99.4 Å². The van der Waals surface area contributed by atoms with E-state index in [-0.39, 0.29) is 24.7 Å². The number of aliphatic imine (C=N–C) groups is 1. The number of phenols is 1. The minimum Gasteiger partial charge on any atom is -0.508 e. The van der Waals surface area contributed by atoms with Crippen LogP contribution >= 0.6 is 11.8 Å². The minimum absolute atomic E-state index is 0.0720. The number of hydrogen-bond donors (Lipinski definition) is 2. The maximum atomic E-state index is 12.8. The molecule has 0 bridgehead atoms. The Labute approximate surface area is 178 Å². The standard InChI is InChI=1S/C22H20N2O5S/c1-2-11-24-21(28)19(30-22(24)23-16-4-3-5-17(25)14-16)13-15-6-8-18(9-7-15)29-12-10-20(26)27/h2-9,13-14,25H,1,10-12H2,(H,26,27)/b19-13-,23-22?. The molecule has 0 aliphatic carbocycles. The number of amidine groups is 1. The van der Waals surface area contributed by atoms with E-state index in [0.29, 0.717) is 28.1 Å². The number of carboxylic acid groups (broad SMARTS) is 1. The zero-order chi connectivity index (χ0) is 21.5. The summed E-state index contributed by atoms with van der Waals surface area (Å²) >= 11 is 1.25. The molecular formula is C22H20N2O5S. The first-order chi connectivity index (χ1) is 14.5. The number of carbonyl (C=O) groups is 2. The molecule has 0 radical (unpaired) electrons. The molecule has 0 aromatic heterocycles. The summed E-state index contributed by atoms with van der Waals surface area (Å²) in [5.41, 5.74) is 1.34. The zero-order valence-electron chi connectivity index (χ0n) is 16.0. The fourth-order valence-electron chi connectivity index (χ4n) is 2.62. The molecule has 0 atom stereocenters. The number of ether oxygens (including phenoxy) is 1. The van der Waals surface area contributed by atoms with Gasteiger partial charge >= 0.3 is 5.97 Å². The van der Waals surface area contributed by atoms with E-state index in [1.165, 1.54) is 22.7 Å². The van der Waals surface area contributed by atoms with Crippen LogP contribution < -0.4 is 4.74 Å². The number of hydrogen-bond acceptors (Lipinski definition) is 6. The summed E-state index contributed by atoms with van der Waals surface area (Å²) in [7, 11) is 0. The lowest BCUT2D eigenvalue weighted by Gasteiger charge is -2.12. The fraction of sp³-hybridized carbons (Fsp3) is 0.136. The molecule has 1 fully saturated rings. The van der Waals surface area contributed by atoms with Crippen molar-refractivity contribution in [2.24, 2.45) is 4.99 Å². The molecule has 0 unspecified atom stereocenters. The van der Waals surface area contributed by atoms with Crippen molar-refractivity contribution in [3.63, 3.8) is 0 Å². The van der Waals surface area contributed by atoms with Gasteiger partial charge in [-0.2, -0.15) is 0 Å². The summed E-state index contributed by atoms with van der Waals surface area (Å²) < 4.78 is 5.37. The number of aliphatic carboxylic acids is 1. The molecule has 1 heterocycles. The molecule has 1 aliphatic rings. The van der Waals surface area contributed by atoms with Crippen LogP contribution in [0.3, 0.4) is 0 Å². The highest BCUT2D eigenvalue weighted by atomic mass is 32.2. The Hall–Kier alpha value is -3.52. The maximum absolute atomic E-state index is 12.8. The number of phenolic OH excluding ortho intramolecular Hbond substituents is 1. The predicted octanol–water partition coefficient (Wildman–Crippen LogP) is 4.04. The molecule has 2 aromatic carbocycles. The first kappa shape index (κ1) is 21.2. The van der Waals surface area contributed by atoms with Gasteiger partial charge in [-0.3, -0.25) is 14.5 Å². The Morgan fingerprint density at radius 1 is 1.23 bits per heavy atom. The Bertz CT molecular complexity index is 1010. The number of carboxylic acids is 1. The van der Waals surface area contributed by atoms with Gasteiger partial charge in [0.05, 0.1) is 23.6 Å². The molecule has 1 amide bonds. The van der Waals surface area contributed by atoms with Crippen molar-refractivity contribution < 1.29 is 24.5 Å². The van der Waals surface area contributed by atoms with Crippen LogP contribution in [-0.4, -0.2) is 45.3 Å². The Kier molecular flexibility index (Phi) is 6.92. The number of benzene rings is 2. The van der Waals surface area contributed by atoms with Crippen LogP contribution in [0.2, 0.25) is 0 Å². The van der Waals surface area contributed by atoms with Crippen LogP contribution in [0.5, 0.6) is 11.5 Å². The molecule has 0 spiro atoms. The molecule has 1 saturated heterocycles. The van der Waals surface area contributed by atoms with Gasteiger partial charge in [-0.1, -0.05) is 24.3 Å². The smallest absolute Gasteiger partial charge is 0.306 e. The lowest BCUT2D eigenvalue weighted by Crippen LogP contribution is -2.29. The van der Waals surface area contributed by atoms with E-state index in [4.69, 9.17) is 9.84 Å². The van der Waals surface area contributed by atoms with E-state index in [2.05, 4.69) is 11.6 Å². The van der Waals surface area contributed by atoms with Gasteiger partial charge in [0.15, 0.2) is 5.17 Å². The van der Waals surface area contributed by atoms with Crippen LogP contribution in [-0.2, 0) is 9.59 Å². The highest BCUT2D eigenvalue weighted by molar-refractivity contribution is 8.18. The number of amides is 1. The molecule has 3 rings (SSSR count). The fourth-order valence-corrected chi connectivity index (χ4v) is 3.63. The molecule has 154 valence electrons. The van der Waals surface area contributed by atoms with E-state index in [1.807, 2.05) is 0 Å². The lowest BCUT2D eigenvalue weighted by molar-refractivity contribution is -0.137. The maximum Gasteiger partial charge on any atom is 0.306 e. The van der Waals surface area contributed by atoms with Crippen molar-refractivity contribution >= 4 is 40.6 Å². The first-order valence-electron chi connectivity index (χ1n) is 9.11. The van der Waals surface area contributed by atoms with Crippen molar-refractivity contribution in [1.29, 1.82) is 0 Å². The van der Waals surface area contributed by atoms with E-state index in [1.54, 1.807) is 54.6 Å². The number of carbonyl (C=O) groups excluding carboxylic acids is 1. The first-order valence-corrected chi connectivity index (χ1v) is 9.92. The quantitative estimate of drug-likeness (QED) is 0.490. The van der Waals surface area contributed by atoms with Gasteiger partial charge in [0.1, 0.15) is 11.5 Å². The average Bonchev–Trinajstić information content (AvgIpc) is 2.98. The largest absolute Gasteiger partial charge is 0.508 e. The van der Waals surface area contributed by atoms with Crippen LogP contribution in [0.25, 0.3) is 6.08 Å². The summed E-state index contributed by atoms with van der Waals surface area (Å²) in [6, 6.07) is 13.5. The molecule has 8 heteroatoms. The summed E-state index contributed by atoms with van der Waals surface area (Å²) in [6.07, 6.45) is 3.31. The summed E-state index contributed by atoms with van der Waals surface area (Å²) in [6.45, 7) is 4.11. The van der Waals surface area contributed by atoms with Crippen molar-refractivity contribution in [2.45, 2.75) is 6.42 Å². The number of rotatable bonds is 8. The van der Waals surface area contributed by atoms with Gasteiger partial charge in [0.2, 0.25) is 0 Å². The third-order valence-corrected chi connectivity index (χ3v) is 5.02. The van der Waals surface area contributed by atoms with Gasteiger partial charge in [-0.15, -0.1) is 6.58 Å². The van der Waals surface area contributed by atoms with E-state index in [9.17, 15) is 14.7 Å². The Balaban J connectivity index is 1.78. The highest BCUT2D eigenvalue weighted by Crippen LogP contribution is 2.34. The number of thioether (sulfide) groups is 1. The summed E-state index contributed by atoms with van der Waals surface area (Å²) in [5.74, 6) is -0.438. The van der Waals surface area contributed by atoms with E-state index >= 15 is 0 Å². The molecule has 2 aromatic rings. The lowest BCUT2D eigenvalue weighted by atomic mass is 10.2. The van der Waals surface area contributed by atoms with Crippen LogP contribution in [0.4, 0.5) is 5.69 Å². The molecule has 30 heavy (non-hydrogen) atoms. The van der Waals surface area contributed by atoms with Crippen molar-refractivity contribution in [3.8, 4) is 11.5 Å². The Morgan fingerprint density at radius 3 is 2.67 bits per heavy atom. The van der Waals surface area contributed by atoms with Gasteiger partial charge in [0, 0.05) is 12.6 Å². The second-order valence-corrected chi connectivity index (χ2v) is 7.30. The van der Waals surface area contributed by atoms with Gasteiger partial charge < -0.3 is 14.9 Å². The van der Waals surface area contributed by atoms with Crippen molar-refractivity contribution in [1.82, 2.24) is 4.90 Å². The zero-order valence-corrected chi connectivity index (χ0v) is 16.8. The average molecular weight is 424 g/mol. The van der Waals surface area contributed by atoms with E-state index in [0.717, 1.165) is 5.56 Å². The monoisotopic (exact) mass is 424 g/mol. The van der Waals surface area contributed by atoms with Gasteiger partial charge in [0.25, 0.3) is 5.91 Å². The van der Waals surface area contributed by atoms with Crippen molar-refractivity contribution in [2.75, 3.05) is 13.2 Å². The van der Waals surface area contributed by atoms with Crippen molar-refractivity contribution in [3.05, 3.63) is 71.7 Å². The van der Waals surface area contributed by atoms with Crippen LogP contribution in [0, 0.1) is 0 Å². The molecule has 2 N–H and O–H groups in total. The third-order valence-electron chi connectivity index (χ3n) is 4.02. The third kappa shape index (κ3) is 5.51. The summed E-state index contributed by atoms with van der Waals surface area (Å²) in [4.78, 5) is 29.9. The normalized spacial score (nSPS) is 16.3. The van der Waals surface area contributed by atoms with E-state index < -0.39 is 5.97 Å². The number of aromatic hydroxyl groups is 1. The van der Waals surface area contributed by atoms with Crippen LogP contribution in [0.15, 0.2) is 71.1 Å². The Morgan fingerprint density at radius 2 is 2.00 bits per heavy atom. The second-order valence-electron chi connectivity index (χ2n) is 6.29. The summed E-state index contributed by atoms with van der Waals surface area (Å²) in [5, 5.41) is 18.8. The number of nitrogens with zero attached hydrogens (tertiary/aromatic N) is 2.